The molecule has 0 unspecified atom stereocenters. The molecule has 0 saturated heterocycles. The third kappa shape index (κ3) is 5.95. The van der Waals surface area contributed by atoms with Gasteiger partial charge in [-0.25, -0.2) is 9.37 Å². The minimum Gasteiger partial charge on any atom is -0.356 e. The number of hydrogen-bond donors (Lipinski definition) is 2. The number of thiazole rings is 1. The summed E-state index contributed by atoms with van der Waals surface area (Å²) < 4.78 is 12.9. The summed E-state index contributed by atoms with van der Waals surface area (Å²) in [5.41, 5.74) is 2.21. The van der Waals surface area contributed by atoms with E-state index in [1.165, 1.54) is 35.6 Å². The van der Waals surface area contributed by atoms with Gasteiger partial charge < -0.3 is 5.32 Å². The van der Waals surface area contributed by atoms with Gasteiger partial charge in [-0.2, -0.15) is 0 Å². The van der Waals surface area contributed by atoms with E-state index in [1.807, 2.05) is 17.5 Å². The van der Waals surface area contributed by atoms with E-state index in [1.54, 1.807) is 12.4 Å². The van der Waals surface area contributed by atoms with E-state index in [0.29, 0.717) is 30.1 Å². The molecule has 0 radical (unpaired) electrons. The Labute approximate surface area is 165 Å². The maximum atomic E-state index is 12.9. The predicted octanol–water partition coefficient (Wildman–Crippen LogP) is 3.22. The van der Waals surface area contributed by atoms with Crippen LogP contribution in [0.1, 0.15) is 28.0 Å². The number of anilines is 1. The molecule has 2 aromatic heterocycles. The first-order chi connectivity index (χ1) is 13.6. The molecule has 8 heteroatoms. The van der Waals surface area contributed by atoms with Crippen LogP contribution in [-0.4, -0.2) is 28.3 Å². The van der Waals surface area contributed by atoms with Crippen LogP contribution in [0.25, 0.3) is 0 Å². The van der Waals surface area contributed by atoms with Gasteiger partial charge in [0.15, 0.2) is 5.13 Å². The lowest BCUT2D eigenvalue weighted by Crippen LogP contribution is -2.25. The molecule has 0 spiro atoms. The van der Waals surface area contributed by atoms with E-state index in [9.17, 15) is 14.0 Å². The molecule has 3 rings (SSSR count). The Morgan fingerprint density at radius 2 is 1.79 bits per heavy atom. The molecule has 0 fully saturated rings. The second-order valence-corrected chi connectivity index (χ2v) is 6.92. The quantitative estimate of drug-likeness (QED) is 0.610. The average molecular weight is 398 g/mol. The number of aromatic nitrogens is 2. The molecule has 0 aliphatic rings. The minimum absolute atomic E-state index is 0.0426. The maximum absolute atomic E-state index is 12.9. The van der Waals surface area contributed by atoms with Gasteiger partial charge in [0, 0.05) is 36.3 Å². The molecular weight excluding hydrogens is 379 g/mol. The van der Waals surface area contributed by atoms with Crippen LogP contribution < -0.4 is 10.6 Å². The number of carbonyl (C=O) groups is 2. The lowest BCUT2D eigenvalue weighted by molar-refractivity contribution is -0.121. The van der Waals surface area contributed by atoms with Gasteiger partial charge in [-0.05, 0) is 54.8 Å². The molecule has 2 N–H and O–H groups in total. The van der Waals surface area contributed by atoms with E-state index in [-0.39, 0.29) is 11.8 Å². The largest absolute Gasteiger partial charge is 0.356 e. The maximum Gasteiger partial charge on any atom is 0.257 e. The summed E-state index contributed by atoms with van der Waals surface area (Å²) in [5, 5.41) is 7.82. The van der Waals surface area contributed by atoms with Crippen LogP contribution in [0.5, 0.6) is 0 Å². The van der Waals surface area contributed by atoms with Gasteiger partial charge in [-0.1, -0.05) is 0 Å². The molecular formula is C20H19FN4O2S. The fourth-order valence-electron chi connectivity index (χ4n) is 2.48. The summed E-state index contributed by atoms with van der Waals surface area (Å²) in [4.78, 5) is 32.3. The number of carbonyl (C=O) groups excluding carboxylic acids is 2. The first-order valence-electron chi connectivity index (χ1n) is 8.77. The van der Waals surface area contributed by atoms with Crippen LogP contribution in [0.15, 0.2) is 54.2 Å². The van der Waals surface area contributed by atoms with Gasteiger partial charge in [0.2, 0.25) is 5.91 Å². The summed E-state index contributed by atoms with van der Waals surface area (Å²) in [5.74, 6) is -0.791. The SMILES string of the molecule is O=C(CCc1csc(NC(=O)c2ccc(F)cc2)n1)NCCc1ccncc1. The lowest BCUT2D eigenvalue weighted by atomic mass is 10.2. The van der Waals surface area contributed by atoms with Crippen molar-refractivity contribution in [2.45, 2.75) is 19.3 Å². The van der Waals surface area contributed by atoms with Crippen LogP contribution in [0.4, 0.5) is 9.52 Å². The molecule has 1 aromatic carbocycles. The van der Waals surface area contributed by atoms with Gasteiger partial charge in [0.1, 0.15) is 5.82 Å². The first kappa shape index (κ1) is 19.6. The number of amides is 2. The molecule has 2 heterocycles. The Bertz CT molecular complexity index is 929. The van der Waals surface area contributed by atoms with Crippen molar-refractivity contribution >= 4 is 28.3 Å². The van der Waals surface area contributed by atoms with E-state index in [4.69, 9.17) is 0 Å². The molecule has 2 amide bonds. The third-order valence-electron chi connectivity index (χ3n) is 3.97. The number of halogens is 1. The first-order valence-corrected chi connectivity index (χ1v) is 9.65. The van der Waals surface area contributed by atoms with Crippen molar-refractivity contribution < 1.29 is 14.0 Å². The van der Waals surface area contributed by atoms with Crippen LogP contribution in [-0.2, 0) is 17.6 Å². The van der Waals surface area contributed by atoms with Crippen molar-refractivity contribution in [2.24, 2.45) is 0 Å². The van der Waals surface area contributed by atoms with Crippen LogP contribution >= 0.6 is 11.3 Å². The Hall–Kier alpha value is -3.13. The van der Waals surface area contributed by atoms with Crippen LogP contribution in [0.2, 0.25) is 0 Å². The second kappa shape index (κ2) is 9.70. The predicted molar refractivity (Wildman–Crippen MR) is 106 cm³/mol. The smallest absolute Gasteiger partial charge is 0.257 e. The summed E-state index contributed by atoms with van der Waals surface area (Å²) in [6, 6.07) is 9.13. The number of rotatable bonds is 8. The fourth-order valence-corrected chi connectivity index (χ4v) is 3.22. The minimum atomic E-state index is -0.396. The second-order valence-electron chi connectivity index (χ2n) is 6.06. The van der Waals surface area contributed by atoms with E-state index < -0.39 is 5.82 Å². The fraction of sp³-hybridized carbons (Fsp3) is 0.200. The summed E-state index contributed by atoms with van der Waals surface area (Å²) in [7, 11) is 0. The summed E-state index contributed by atoms with van der Waals surface area (Å²) in [6.45, 7) is 0.568. The normalized spacial score (nSPS) is 10.5. The Morgan fingerprint density at radius 1 is 1.04 bits per heavy atom. The monoisotopic (exact) mass is 398 g/mol. The molecule has 28 heavy (non-hydrogen) atoms. The standard InChI is InChI=1S/C20H19FN4O2S/c21-16-3-1-15(2-4-16)19(27)25-20-24-17(13-28-20)5-6-18(26)23-12-9-14-7-10-22-11-8-14/h1-4,7-8,10-11,13H,5-6,9,12H2,(H,23,26)(H,24,25,27). The van der Waals surface area contributed by atoms with Crippen LogP contribution in [0.3, 0.4) is 0 Å². The van der Waals surface area contributed by atoms with E-state index in [2.05, 4.69) is 20.6 Å². The van der Waals surface area contributed by atoms with Gasteiger partial charge in [-0.15, -0.1) is 11.3 Å². The molecule has 0 aliphatic heterocycles. The molecule has 0 atom stereocenters. The topological polar surface area (TPSA) is 84.0 Å². The van der Waals surface area contributed by atoms with Gasteiger partial charge in [0.25, 0.3) is 5.91 Å². The number of pyridine rings is 1. The average Bonchev–Trinajstić information content (AvgIpc) is 3.15. The van der Waals surface area contributed by atoms with Gasteiger partial charge in [-0.3, -0.25) is 19.9 Å². The number of nitrogens with one attached hydrogen (secondary N) is 2. The highest BCUT2D eigenvalue weighted by Gasteiger charge is 2.10. The van der Waals surface area contributed by atoms with Crippen molar-refractivity contribution in [2.75, 3.05) is 11.9 Å². The molecule has 0 aliphatic carbocycles. The van der Waals surface area contributed by atoms with Gasteiger partial charge in [0.05, 0.1) is 5.69 Å². The molecule has 0 bridgehead atoms. The summed E-state index contributed by atoms with van der Waals surface area (Å²) in [6.07, 6.45) is 5.03. The van der Waals surface area contributed by atoms with E-state index >= 15 is 0 Å². The van der Waals surface area contributed by atoms with Crippen molar-refractivity contribution in [3.05, 3.63) is 76.8 Å². The molecule has 6 nitrogen and oxygen atoms in total. The van der Waals surface area contributed by atoms with Gasteiger partial charge >= 0.3 is 0 Å². The number of aryl methyl sites for hydroxylation is 1. The third-order valence-corrected chi connectivity index (χ3v) is 4.78. The summed E-state index contributed by atoms with van der Waals surface area (Å²) >= 11 is 1.29. The zero-order chi connectivity index (χ0) is 19.8. The number of nitrogens with zero attached hydrogens (tertiary/aromatic N) is 2. The van der Waals surface area contributed by atoms with E-state index in [0.717, 1.165) is 17.7 Å². The highest BCUT2D eigenvalue weighted by Crippen LogP contribution is 2.17. The Morgan fingerprint density at radius 3 is 2.54 bits per heavy atom. The zero-order valence-corrected chi connectivity index (χ0v) is 15.8. The Balaban J connectivity index is 1.41. The highest BCUT2D eigenvalue weighted by atomic mass is 32.1. The molecule has 144 valence electrons. The number of benzene rings is 1. The molecule has 0 saturated carbocycles. The molecule has 3 aromatic rings. The number of hydrogen-bond acceptors (Lipinski definition) is 5. The van der Waals surface area contributed by atoms with Crippen molar-refractivity contribution in [1.29, 1.82) is 0 Å². The van der Waals surface area contributed by atoms with Crippen molar-refractivity contribution in [3.8, 4) is 0 Å². The highest BCUT2D eigenvalue weighted by molar-refractivity contribution is 7.14. The Kier molecular flexibility index (Phi) is 6.80. The zero-order valence-electron chi connectivity index (χ0n) is 15.0. The van der Waals surface area contributed by atoms with Crippen molar-refractivity contribution in [3.63, 3.8) is 0 Å². The lowest BCUT2D eigenvalue weighted by Gasteiger charge is -2.04. The van der Waals surface area contributed by atoms with Crippen molar-refractivity contribution in [1.82, 2.24) is 15.3 Å². The van der Waals surface area contributed by atoms with Crippen LogP contribution in [0, 0.1) is 5.82 Å².